The highest BCUT2D eigenvalue weighted by Crippen LogP contribution is 2.33. The number of hydrogen-bond acceptors (Lipinski definition) is 4. The summed E-state index contributed by atoms with van der Waals surface area (Å²) in [5, 5.41) is 2.98. The molecule has 0 radical (unpaired) electrons. The Labute approximate surface area is 122 Å². The molecular weight excluding hydrogens is 363 g/mol. The lowest BCUT2D eigenvalue weighted by atomic mass is 10.2. The first-order valence-corrected chi connectivity index (χ1v) is 8.28. The molecule has 1 unspecified atom stereocenters. The largest absolute Gasteiger partial charge is 0.573 e. The Bertz CT molecular complexity index is 603. The van der Waals surface area contributed by atoms with Crippen molar-refractivity contribution in [2.24, 2.45) is 0 Å². The highest BCUT2D eigenvalue weighted by molar-refractivity contribution is 9.10. The van der Waals surface area contributed by atoms with E-state index in [1.807, 2.05) is 0 Å². The van der Waals surface area contributed by atoms with E-state index in [4.69, 9.17) is 0 Å². The maximum Gasteiger partial charge on any atom is 0.573 e. The van der Waals surface area contributed by atoms with Crippen LogP contribution in [0.4, 0.5) is 18.9 Å². The Morgan fingerprint density at radius 1 is 1.35 bits per heavy atom. The smallest absolute Gasteiger partial charge is 0.405 e. The van der Waals surface area contributed by atoms with E-state index in [2.05, 4.69) is 26.0 Å². The molecule has 0 bridgehead atoms. The molecular formula is C11H11BrF3NO3S. The lowest BCUT2D eigenvalue weighted by Crippen LogP contribution is -2.20. The molecule has 1 fully saturated rings. The first kappa shape index (κ1) is 15.4. The van der Waals surface area contributed by atoms with Gasteiger partial charge in [-0.15, -0.1) is 13.2 Å². The maximum atomic E-state index is 12.1. The van der Waals surface area contributed by atoms with Crippen LogP contribution in [0, 0.1) is 0 Å². The van der Waals surface area contributed by atoms with Crippen LogP contribution in [0.15, 0.2) is 22.7 Å². The van der Waals surface area contributed by atoms with Crippen molar-refractivity contribution in [3.05, 3.63) is 22.7 Å². The molecule has 9 heteroatoms. The van der Waals surface area contributed by atoms with Gasteiger partial charge in [0.15, 0.2) is 9.84 Å². The van der Waals surface area contributed by atoms with Gasteiger partial charge in [0, 0.05) is 11.7 Å². The average Bonchev–Trinajstić information content (AvgIpc) is 2.60. The monoisotopic (exact) mass is 373 g/mol. The van der Waals surface area contributed by atoms with E-state index in [0.29, 0.717) is 12.1 Å². The second-order valence-electron chi connectivity index (χ2n) is 4.44. The molecule has 0 saturated carbocycles. The maximum absolute atomic E-state index is 12.1. The minimum Gasteiger partial charge on any atom is -0.405 e. The molecule has 2 rings (SSSR count). The zero-order chi connectivity index (χ0) is 15.0. The molecule has 1 saturated heterocycles. The van der Waals surface area contributed by atoms with Gasteiger partial charge in [-0.3, -0.25) is 0 Å². The Kier molecular flexibility index (Phi) is 4.19. The molecule has 0 spiro atoms. The molecule has 1 atom stereocenters. The standard InChI is InChI=1S/C11H11BrF3NO3S/c12-9-5-7(1-2-10(9)19-11(13,14)15)16-8-3-4-20(17,18)6-8/h1-2,5,8,16H,3-4,6H2. The second kappa shape index (κ2) is 5.44. The van der Waals surface area contributed by atoms with Crippen molar-refractivity contribution in [1.82, 2.24) is 0 Å². The molecule has 0 amide bonds. The summed E-state index contributed by atoms with van der Waals surface area (Å²) in [6.07, 6.45) is -4.27. The van der Waals surface area contributed by atoms with Crippen LogP contribution in [0.1, 0.15) is 6.42 Å². The van der Waals surface area contributed by atoms with Gasteiger partial charge in [-0.05, 0) is 40.5 Å². The van der Waals surface area contributed by atoms with Crippen LogP contribution in [0.3, 0.4) is 0 Å². The second-order valence-corrected chi connectivity index (χ2v) is 7.52. The number of sulfone groups is 1. The van der Waals surface area contributed by atoms with Gasteiger partial charge in [-0.2, -0.15) is 0 Å². The van der Waals surface area contributed by atoms with Gasteiger partial charge < -0.3 is 10.1 Å². The lowest BCUT2D eigenvalue weighted by molar-refractivity contribution is -0.274. The van der Waals surface area contributed by atoms with E-state index in [1.54, 1.807) is 0 Å². The summed E-state index contributed by atoms with van der Waals surface area (Å²) >= 11 is 2.99. The predicted octanol–water partition coefficient (Wildman–Crippen LogP) is 2.95. The summed E-state index contributed by atoms with van der Waals surface area (Å²) in [7, 11) is -3.01. The fraction of sp³-hybridized carbons (Fsp3) is 0.455. The van der Waals surface area contributed by atoms with Crippen LogP contribution in [0.2, 0.25) is 0 Å². The molecule has 1 aromatic rings. The van der Waals surface area contributed by atoms with Crippen molar-refractivity contribution in [1.29, 1.82) is 0 Å². The zero-order valence-corrected chi connectivity index (χ0v) is 12.5. The SMILES string of the molecule is O=S1(=O)CCC(Nc2ccc(OC(F)(F)F)c(Br)c2)C1. The van der Waals surface area contributed by atoms with Crippen molar-refractivity contribution < 1.29 is 26.3 Å². The van der Waals surface area contributed by atoms with Gasteiger partial charge >= 0.3 is 6.36 Å². The number of nitrogens with one attached hydrogen (secondary N) is 1. The molecule has 4 nitrogen and oxygen atoms in total. The topological polar surface area (TPSA) is 55.4 Å². The van der Waals surface area contributed by atoms with E-state index in [1.165, 1.54) is 18.2 Å². The highest BCUT2D eigenvalue weighted by atomic mass is 79.9. The average molecular weight is 374 g/mol. The summed E-state index contributed by atoms with van der Waals surface area (Å²) in [5.41, 5.74) is 0.536. The minimum absolute atomic E-state index is 0.0332. The van der Waals surface area contributed by atoms with Crippen molar-refractivity contribution >= 4 is 31.5 Å². The summed E-state index contributed by atoms with van der Waals surface area (Å²) in [6.45, 7) is 0. The fourth-order valence-electron chi connectivity index (χ4n) is 1.94. The Morgan fingerprint density at radius 3 is 2.55 bits per heavy atom. The molecule has 112 valence electrons. The van der Waals surface area contributed by atoms with Gasteiger partial charge in [0.2, 0.25) is 0 Å². The van der Waals surface area contributed by atoms with Gasteiger partial charge in [0.1, 0.15) is 5.75 Å². The van der Waals surface area contributed by atoms with Crippen LogP contribution in [0.25, 0.3) is 0 Å². The number of anilines is 1. The number of hydrogen-bond donors (Lipinski definition) is 1. The minimum atomic E-state index is -4.75. The number of ether oxygens (including phenoxy) is 1. The Balaban J connectivity index is 2.06. The first-order valence-electron chi connectivity index (χ1n) is 5.67. The highest BCUT2D eigenvalue weighted by Gasteiger charge is 2.32. The third-order valence-electron chi connectivity index (χ3n) is 2.76. The molecule has 0 aliphatic carbocycles. The number of rotatable bonds is 3. The predicted molar refractivity (Wildman–Crippen MR) is 71.5 cm³/mol. The molecule has 1 aliphatic heterocycles. The Hall–Kier alpha value is -0.960. The van der Waals surface area contributed by atoms with E-state index in [9.17, 15) is 21.6 Å². The van der Waals surface area contributed by atoms with Crippen LogP contribution in [-0.2, 0) is 9.84 Å². The molecule has 1 aliphatic rings. The van der Waals surface area contributed by atoms with Gasteiger partial charge in [0.05, 0.1) is 16.0 Å². The van der Waals surface area contributed by atoms with Crippen molar-refractivity contribution in [2.45, 2.75) is 18.8 Å². The van der Waals surface area contributed by atoms with E-state index < -0.39 is 16.2 Å². The molecule has 1 N–H and O–H groups in total. The third kappa shape index (κ3) is 4.27. The lowest BCUT2D eigenvalue weighted by Gasteiger charge is -2.15. The van der Waals surface area contributed by atoms with E-state index >= 15 is 0 Å². The van der Waals surface area contributed by atoms with Crippen molar-refractivity contribution in [3.63, 3.8) is 0 Å². The van der Waals surface area contributed by atoms with Gasteiger partial charge in [0.25, 0.3) is 0 Å². The van der Waals surface area contributed by atoms with Crippen LogP contribution < -0.4 is 10.1 Å². The van der Waals surface area contributed by atoms with Crippen molar-refractivity contribution in [2.75, 3.05) is 16.8 Å². The number of alkyl halides is 3. The summed E-state index contributed by atoms with van der Waals surface area (Å²) in [4.78, 5) is 0. The van der Waals surface area contributed by atoms with Crippen LogP contribution in [-0.4, -0.2) is 32.3 Å². The summed E-state index contributed by atoms with van der Waals surface area (Å²) in [6, 6.07) is 3.79. The fourth-order valence-corrected chi connectivity index (χ4v) is 4.08. The zero-order valence-electron chi connectivity index (χ0n) is 10.1. The van der Waals surface area contributed by atoms with Crippen LogP contribution >= 0.6 is 15.9 Å². The quantitative estimate of drug-likeness (QED) is 0.884. The third-order valence-corrected chi connectivity index (χ3v) is 5.15. The number of benzene rings is 1. The first-order chi connectivity index (χ1) is 9.15. The van der Waals surface area contributed by atoms with Gasteiger partial charge in [-0.25, -0.2) is 8.42 Å². The van der Waals surface area contributed by atoms with E-state index in [0.717, 1.165) is 0 Å². The van der Waals surface area contributed by atoms with E-state index in [-0.39, 0.29) is 27.8 Å². The molecule has 1 heterocycles. The Morgan fingerprint density at radius 2 is 2.05 bits per heavy atom. The van der Waals surface area contributed by atoms with Gasteiger partial charge in [-0.1, -0.05) is 0 Å². The molecule has 20 heavy (non-hydrogen) atoms. The summed E-state index contributed by atoms with van der Waals surface area (Å²) in [5.74, 6) is -0.186. The molecule has 1 aromatic carbocycles. The van der Waals surface area contributed by atoms with Crippen molar-refractivity contribution in [3.8, 4) is 5.75 Å². The van der Waals surface area contributed by atoms with Crippen LogP contribution in [0.5, 0.6) is 5.75 Å². The normalized spacial score (nSPS) is 21.7. The number of halogens is 4. The summed E-state index contributed by atoms with van der Waals surface area (Å²) < 4.78 is 62.9. The molecule has 0 aromatic heterocycles.